The van der Waals surface area contributed by atoms with Crippen LogP contribution in [0.4, 0.5) is 10.1 Å². The summed E-state index contributed by atoms with van der Waals surface area (Å²) in [6.07, 6.45) is 1.29. The zero-order valence-electron chi connectivity index (χ0n) is 17.7. The molecule has 4 rings (SSSR count). The van der Waals surface area contributed by atoms with Crippen molar-refractivity contribution in [3.05, 3.63) is 100 Å². The number of likely N-dealkylation sites (tertiary alicyclic amines) is 1. The second-order valence-corrected chi connectivity index (χ2v) is 8.60. The molecule has 1 aliphatic rings. The van der Waals surface area contributed by atoms with Gasteiger partial charge in [0.25, 0.3) is 5.91 Å². The number of nitrogens with one attached hydrogen (secondary N) is 1. The topological polar surface area (TPSA) is 49.4 Å². The van der Waals surface area contributed by atoms with Gasteiger partial charge < -0.3 is 10.2 Å². The average molecular weight is 451 g/mol. The van der Waals surface area contributed by atoms with E-state index in [4.69, 9.17) is 11.6 Å². The summed E-state index contributed by atoms with van der Waals surface area (Å²) in [6, 6.07) is 20.5. The molecule has 1 N–H and O–H groups in total. The number of hydrogen-bond donors (Lipinski definition) is 1. The predicted molar refractivity (Wildman–Crippen MR) is 124 cm³/mol. The Bertz CT molecular complexity index is 1130. The predicted octanol–water partition coefficient (Wildman–Crippen LogP) is 6.02. The van der Waals surface area contributed by atoms with Crippen LogP contribution < -0.4 is 5.32 Å². The second-order valence-electron chi connectivity index (χ2n) is 8.17. The third-order valence-corrected chi connectivity index (χ3v) is 6.08. The summed E-state index contributed by atoms with van der Waals surface area (Å²) < 4.78 is 13.8. The van der Waals surface area contributed by atoms with Crippen LogP contribution in [-0.2, 0) is 4.79 Å². The summed E-state index contributed by atoms with van der Waals surface area (Å²) in [5.41, 5.74) is 3.05. The fourth-order valence-corrected chi connectivity index (χ4v) is 4.32. The smallest absolute Gasteiger partial charge is 0.254 e. The van der Waals surface area contributed by atoms with E-state index >= 15 is 0 Å². The van der Waals surface area contributed by atoms with Crippen molar-refractivity contribution in [1.29, 1.82) is 0 Å². The lowest BCUT2D eigenvalue weighted by Gasteiger charge is -2.39. The summed E-state index contributed by atoms with van der Waals surface area (Å²) >= 11 is 5.92. The van der Waals surface area contributed by atoms with E-state index in [0.29, 0.717) is 23.6 Å². The van der Waals surface area contributed by atoms with Gasteiger partial charge in [-0.15, -0.1) is 0 Å². The number of rotatable bonds is 4. The molecular formula is C26H24ClFN2O2. The Balaban J connectivity index is 1.59. The summed E-state index contributed by atoms with van der Waals surface area (Å²) in [4.78, 5) is 28.1. The molecule has 164 valence electrons. The van der Waals surface area contributed by atoms with Crippen molar-refractivity contribution in [2.24, 2.45) is 5.92 Å². The number of halogens is 2. The average Bonchev–Trinajstić information content (AvgIpc) is 2.79. The van der Waals surface area contributed by atoms with E-state index in [1.54, 1.807) is 35.2 Å². The molecule has 1 fully saturated rings. The van der Waals surface area contributed by atoms with Crippen molar-refractivity contribution >= 4 is 29.1 Å². The lowest BCUT2D eigenvalue weighted by atomic mass is 9.87. The Morgan fingerprint density at radius 1 is 1.00 bits per heavy atom. The minimum Gasteiger partial charge on any atom is -0.331 e. The highest BCUT2D eigenvalue weighted by Gasteiger charge is 2.36. The Labute approximate surface area is 192 Å². The van der Waals surface area contributed by atoms with Crippen molar-refractivity contribution in [3.8, 4) is 0 Å². The molecule has 1 heterocycles. The molecule has 0 aromatic heterocycles. The molecule has 32 heavy (non-hydrogen) atoms. The molecule has 1 aliphatic heterocycles. The van der Waals surface area contributed by atoms with Crippen LogP contribution in [0.1, 0.15) is 40.4 Å². The molecule has 6 heteroatoms. The molecule has 2 amide bonds. The molecular weight excluding hydrogens is 427 g/mol. The first kappa shape index (κ1) is 22.0. The number of aryl methyl sites for hydroxylation is 1. The van der Waals surface area contributed by atoms with Crippen molar-refractivity contribution in [2.45, 2.75) is 25.8 Å². The first-order chi connectivity index (χ1) is 15.4. The van der Waals surface area contributed by atoms with Crippen molar-refractivity contribution in [3.63, 3.8) is 0 Å². The van der Waals surface area contributed by atoms with E-state index in [0.717, 1.165) is 11.1 Å². The highest BCUT2D eigenvalue weighted by molar-refractivity contribution is 6.30. The van der Waals surface area contributed by atoms with E-state index in [-0.39, 0.29) is 35.9 Å². The fourth-order valence-electron chi connectivity index (χ4n) is 4.20. The molecule has 0 spiro atoms. The van der Waals surface area contributed by atoms with Gasteiger partial charge in [-0.25, -0.2) is 4.39 Å². The highest BCUT2D eigenvalue weighted by Crippen LogP contribution is 2.35. The van der Waals surface area contributed by atoms with Crippen LogP contribution in [0.2, 0.25) is 5.02 Å². The van der Waals surface area contributed by atoms with Gasteiger partial charge in [0.05, 0.1) is 12.0 Å². The minimum atomic E-state index is -0.461. The van der Waals surface area contributed by atoms with Crippen LogP contribution >= 0.6 is 11.6 Å². The molecule has 3 aromatic rings. The lowest BCUT2D eigenvalue weighted by molar-refractivity contribution is -0.121. The van der Waals surface area contributed by atoms with Gasteiger partial charge in [-0.3, -0.25) is 9.59 Å². The van der Waals surface area contributed by atoms with Gasteiger partial charge in [0, 0.05) is 22.8 Å². The zero-order valence-corrected chi connectivity index (χ0v) is 18.5. The van der Waals surface area contributed by atoms with E-state index in [9.17, 15) is 14.0 Å². The Hall–Kier alpha value is -3.18. The number of carbonyl (C=O) groups excluding carboxylic acids is 2. The normalized spacial score (nSPS) is 18.3. The van der Waals surface area contributed by atoms with Gasteiger partial charge in [0.15, 0.2) is 0 Å². The Morgan fingerprint density at radius 3 is 2.47 bits per heavy atom. The third-order valence-electron chi connectivity index (χ3n) is 5.82. The van der Waals surface area contributed by atoms with Crippen LogP contribution in [0.5, 0.6) is 0 Å². The van der Waals surface area contributed by atoms with E-state index in [2.05, 4.69) is 11.4 Å². The van der Waals surface area contributed by atoms with Crippen LogP contribution in [0.3, 0.4) is 0 Å². The van der Waals surface area contributed by atoms with E-state index in [1.807, 2.05) is 25.1 Å². The first-order valence-electron chi connectivity index (χ1n) is 10.6. The van der Waals surface area contributed by atoms with Crippen LogP contribution in [0.25, 0.3) is 0 Å². The molecule has 0 saturated carbocycles. The number of hydrogen-bond acceptors (Lipinski definition) is 2. The fraction of sp³-hybridized carbons (Fsp3) is 0.231. The minimum absolute atomic E-state index is 0.146. The summed E-state index contributed by atoms with van der Waals surface area (Å²) in [5.74, 6) is -1.26. The van der Waals surface area contributed by atoms with Crippen molar-refractivity contribution in [1.82, 2.24) is 4.90 Å². The number of piperidine rings is 1. The highest BCUT2D eigenvalue weighted by atomic mass is 35.5. The van der Waals surface area contributed by atoms with Crippen LogP contribution in [0.15, 0.2) is 72.8 Å². The van der Waals surface area contributed by atoms with Gasteiger partial charge in [-0.2, -0.15) is 0 Å². The third kappa shape index (κ3) is 5.00. The molecule has 0 bridgehead atoms. The SMILES string of the molecule is Cc1cccc(C2CCC(C(=O)Nc3ccc(Cl)cc3)CN2C(=O)c2cccc(F)c2)c1. The Kier molecular flexibility index (Phi) is 6.56. The van der Waals surface area contributed by atoms with Gasteiger partial charge >= 0.3 is 0 Å². The number of carbonyl (C=O) groups is 2. The standard InChI is InChI=1S/C26H24ClFN2O2/c1-17-4-2-5-18(14-17)24-13-8-20(25(31)29-23-11-9-21(27)10-12-23)16-30(24)26(32)19-6-3-7-22(28)15-19/h2-7,9-12,14-15,20,24H,8,13,16H2,1H3,(H,29,31). The monoisotopic (exact) mass is 450 g/mol. The quantitative estimate of drug-likeness (QED) is 0.528. The maximum atomic E-state index is 13.8. The van der Waals surface area contributed by atoms with Gasteiger partial charge in [0.1, 0.15) is 5.82 Å². The van der Waals surface area contributed by atoms with Crippen LogP contribution in [-0.4, -0.2) is 23.3 Å². The van der Waals surface area contributed by atoms with Crippen molar-refractivity contribution in [2.75, 3.05) is 11.9 Å². The summed E-state index contributed by atoms with van der Waals surface area (Å²) in [7, 11) is 0. The van der Waals surface area contributed by atoms with Gasteiger partial charge in [-0.05, 0) is 67.8 Å². The molecule has 4 nitrogen and oxygen atoms in total. The molecule has 2 atom stereocenters. The van der Waals surface area contributed by atoms with E-state index in [1.165, 1.54) is 18.2 Å². The number of amides is 2. The van der Waals surface area contributed by atoms with Gasteiger partial charge in [0.2, 0.25) is 5.91 Å². The first-order valence-corrected chi connectivity index (χ1v) is 11.0. The number of anilines is 1. The molecule has 2 unspecified atom stereocenters. The van der Waals surface area contributed by atoms with Gasteiger partial charge in [-0.1, -0.05) is 47.5 Å². The molecule has 1 saturated heterocycles. The molecule has 0 aliphatic carbocycles. The summed E-state index contributed by atoms with van der Waals surface area (Å²) in [6.45, 7) is 2.26. The van der Waals surface area contributed by atoms with E-state index < -0.39 is 5.82 Å². The van der Waals surface area contributed by atoms with Crippen molar-refractivity contribution < 1.29 is 14.0 Å². The zero-order chi connectivity index (χ0) is 22.7. The maximum absolute atomic E-state index is 13.8. The maximum Gasteiger partial charge on any atom is 0.254 e. The van der Waals surface area contributed by atoms with Crippen LogP contribution in [0, 0.1) is 18.7 Å². The Morgan fingerprint density at radius 2 is 1.75 bits per heavy atom. The second kappa shape index (κ2) is 9.53. The largest absolute Gasteiger partial charge is 0.331 e. The number of benzene rings is 3. The molecule has 3 aromatic carbocycles. The lowest BCUT2D eigenvalue weighted by Crippen LogP contribution is -2.45. The molecule has 0 radical (unpaired) electrons. The number of nitrogens with zero attached hydrogens (tertiary/aromatic N) is 1. The summed E-state index contributed by atoms with van der Waals surface area (Å²) in [5, 5.41) is 3.51.